The summed E-state index contributed by atoms with van der Waals surface area (Å²) < 4.78 is 14.2. The lowest BCUT2D eigenvalue weighted by atomic mass is 9.96. The van der Waals surface area contributed by atoms with Gasteiger partial charge in [0, 0.05) is 16.0 Å². The molecule has 3 nitrogen and oxygen atoms in total. The van der Waals surface area contributed by atoms with Crippen molar-refractivity contribution in [2.45, 2.75) is 31.4 Å². The number of hydrogen-bond donors (Lipinski definition) is 1. The van der Waals surface area contributed by atoms with E-state index in [0.717, 1.165) is 0 Å². The number of carbonyl (C=O) groups is 1. The van der Waals surface area contributed by atoms with E-state index in [0.29, 0.717) is 10.6 Å². The van der Waals surface area contributed by atoms with Gasteiger partial charge in [-0.1, -0.05) is 81.4 Å². The van der Waals surface area contributed by atoms with Gasteiger partial charge in [-0.25, -0.2) is 0 Å². The fraction of sp³-hybridized carbons (Fsp3) is 0.316. The van der Waals surface area contributed by atoms with E-state index in [9.17, 15) is 9.36 Å². The third kappa shape index (κ3) is 4.47. The lowest BCUT2D eigenvalue weighted by molar-refractivity contribution is -0.128. The summed E-state index contributed by atoms with van der Waals surface area (Å²) in [6, 6.07) is 18.0. The number of nitrogens with one attached hydrogen (secondary N) is 1. The van der Waals surface area contributed by atoms with Crippen LogP contribution in [0.1, 0.15) is 20.8 Å². The van der Waals surface area contributed by atoms with Gasteiger partial charge in [-0.2, -0.15) is 0 Å². The second kappa shape index (κ2) is 7.95. The first-order valence-electron chi connectivity index (χ1n) is 7.97. The maximum absolute atomic E-state index is 14.2. The van der Waals surface area contributed by atoms with E-state index in [1.165, 1.54) is 0 Å². The highest BCUT2D eigenvalue weighted by Crippen LogP contribution is 2.50. The van der Waals surface area contributed by atoms with Crippen molar-refractivity contribution in [1.29, 1.82) is 0 Å². The van der Waals surface area contributed by atoms with Crippen molar-refractivity contribution in [3.63, 3.8) is 0 Å². The molecule has 0 unspecified atom stereocenters. The largest absolute Gasteiger partial charge is 0.343 e. The number of hydrogen-bond acceptors (Lipinski definition) is 2. The summed E-state index contributed by atoms with van der Waals surface area (Å²) in [5.74, 6) is -1.18. The molecule has 1 N–H and O–H groups in total. The van der Waals surface area contributed by atoms with Gasteiger partial charge in [-0.3, -0.25) is 4.79 Å². The van der Waals surface area contributed by atoms with Gasteiger partial charge in [-0.15, -0.1) is 23.2 Å². The van der Waals surface area contributed by atoms with E-state index in [-0.39, 0.29) is 5.91 Å². The molecule has 2 aromatic rings. The SMILES string of the molecule is CC(C)(C)C(=O)N[C@H](C(Cl)Cl)P(=O)(c1ccccc1)c1ccccc1. The Morgan fingerprint density at radius 3 is 1.64 bits per heavy atom. The molecule has 0 aliphatic rings. The van der Waals surface area contributed by atoms with Crippen molar-refractivity contribution in [3.05, 3.63) is 60.7 Å². The second-order valence-corrected chi connectivity index (χ2v) is 10.9. The standard InChI is InChI=1S/C19H22Cl2NO2P/c1-19(2,3)18(23)22-17(16(20)21)25(24,14-10-6-4-7-11-14)15-12-8-5-9-13-15/h4-13,16-17H,1-3H3,(H,22,23)/t17-/m0/s1. The third-order valence-corrected chi connectivity index (χ3v) is 8.07. The van der Waals surface area contributed by atoms with Crippen LogP contribution in [0.3, 0.4) is 0 Å². The predicted molar refractivity (Wildman–Crippen MR) is 107 cm³/mol. The molecule has 0 spiro atoms. The van der Waals surface area contributed by atoms with E-state index >= 15 is 0 Å². The summed E-state index contributed by atoms with van der Waals surface area (Å²) in [6.45, 7) is 5.35. The van der Waals surface area contributed by atoms with E-state index in [2.05, 4.69) is 5.32 Å². The molecule has 1 atom stereocenters. The van der Waals surface area contributed by atoms with Crippen LogP contribution in [0.15, 0.2) is 60.7 Å². The average molecular weight is 398 g/mol. The molecule has 0 aromatic heterocycles. The first-order valence-corrected chi connectivity index (χ1v) is 10.6. The van der Waals surface area contributed by atoms with Crippen molar-refractivity contribution in [2.75, 3.05) is 0 Å². The molecule has 6 heteroatoms. The zero-order chi connectivity index (χ0) is 18.7. The number of benzene rings is 2. The van der Waals surface area contributed by atoms with Gasteiger partial charge < -0.3 is 9.88 Å². The molecule has 0 saturated heterocycles. The molecule has 1 amide bonds. The minimum Gasteiger partial charge on any atom is -0.343 e. The fourth-order valence-corrected chi connectivity index (χ4v) is 6.30. The van der Waals surface area contributed by atoms with Gasteiger partial charge in [0.25, 0.3) is 0 Å². The summed E-state index contributed by atoms with van der Waals surface area (Å²) >= 11 is 12.4. The molecule has 0 aliphatic carbocycles. The van der Waals surface area contributed by atoms with E-state index in [4.69, 9.17) is 23.2 Å². The van der Waals surface area contributed by atoms with Gasteiger partial charge >= 0.3 is 0 Å². The monoisotopic (exact) mass is 397 g/mol. The summed E-state index contributed by atoms with van der Waals surface area (Å²) in [6.07, 6.45) is 0. The van der Waals surface area contributed by atoms with Crippen molar-refractivity contribution in [2.24, 2.45) is 5.41 Å². The van der Waals surface area contributed by atoms with Crippen LogP contribution in [0.2, 0.25) is 0 Å². The topological polar surface area (TPSA) is 46.2 Å². The van der Waals surface area contributed by atoms with E-state index in [1.54, 1.807) is 45.0 Å². The van der Waals surface area contributed by atoms with Crippen LogP contribution in [0.4, 0.5) is 0 Å². The summed E-state index contributed by atoms with van der Waals surface area (Å²) in [5, 5.41) is 4.03. The molecule has 2 rings (SSSR count). The van der Waals surface area contributed by atoms with Crippen LogP contribution in [-0.2, 0) is 9.36 Å². The molecule has 0 bridgehead atoms. The van der Waals surface area contributed by atoms with Crippen molar-refractivity contribution >= 4 is 46.9 Å². The zero-order valence-electron chi connectivity index (χ0n) is 14.4. The molecular formula is C19H22Cl2NO2P. The van der Waals surface area contributed by atoms with Crippen LogP contribution in [0, 0.1) is 5.41 Å². The third-order valence-electron chi connectivity index (χ3n) is 3.87. The Balaban J connectivity index is 2.60. The Labute approximate surface area is 159 Å². The highest BCUT2D eigenvalue weighted by molar-refractivity contribution is 7.79. The summed E-state index contributed by atoms with van der Waals surface area (Å²) in [4.78, 5) is 11.5. The van der Waals surface area contributed by atoms with Crippen molar-refractivity contribution < 1.29 is 9.36 Å². The summed E-state index contributed by atoms with van der Waals surface area (Å²) in [7, 11) is -3.31. The van der Waals surface area contributed by atoms with Crippen molar-refractivity contribution in [3.8, 4) is 0 Å². The zero-order valence-corrected chi connectivity index (χ0v) is 16.9. The minimum atomic E-state index is -3.31. The Morgan fingerprint density at radius 1 is 0.920 bits per heavy atom. The molecule has 0 heterocycles. The Hall–Kier alpha value is -1.28. The van der Waals surface area contributed by atoms with E-state index in [1.807, 2.05) is 36.4 Å². The number of carbonyl (C=O) groups excluding carboxylic acids is 1. The van der Waals surface area contributed by atoms with Gasteiger partial charge in [0.1, 0.15) is 10.6 Å². The van der Waals surface area contributed by atoms with Gasteiger partial charge in [-0.05, 0) is 0 Å². The lowest BCUT2D eigenvalue weighted by Crippen LogP contribution is -2.47. The molecule has 0 saturated carbocycles. The number of amides is 1. The van der Waals surface area contributed by atoms with Crippen LogP contribution >= 0.6 is 30.3 Å². The van der Waals surface area contributed by atoms with Crippen LogP contribution in [0.25, 0.3) is 0 Å². The quantitative estimate of drug-likeness (QED) is 0.603. The molecule has 0 fully saturated rings. The van der Waals surface area contributed by atoms with Crippen molar-refractivity contribution in [1.82, 2.24) is 5.32 Å². The van der Waals surface area contributed by atoms with Crippen LogP contribution in [-0.4, -0.2) is 16.5 Å². The normalized spacial score (nSPS) is 13.5. The maximum atomic E-state index is 14.2. The fourth-order valence-electron chi connectivity index (χ4n) is 2.43. The predicted octanol–water partition coefficient (Wildman–Crippen LogP) is 4.29. The molecule has 134 valence electrons. The van der Waals surface area contributed by atoms with Gasteiger partial charge in [0.15, 0.2) is 7.14 Å². The molecule has 0 radical (unpaired) electrons. The van der Waals surface area contributed by atoms with Crippen LogP contribution in [0.5, 0.6) is 0 Å². The van der Waals surface area contributed by atoms with Gasteiger partial charge in [0.05, 0.1) is 0 Å². The minimum absolute atomic E-state index is 0.254. The maximum Gasteiger partial charge on any atom is 0.226 e. The lowest BCUT2D eigenvalue weighted by Gasteiger charge is -2.32. The van der Waals surface area contributed by atoms with Gasteiger partial charge in [0.2, 0.25) is 5.91 Å². The average Bonchev–Trinajstić information content (AvgIpc) is 2.59. The molecule has 0 aliphatic heterocycles. The highest BCUT2D eigenvalue weighted by Gasteiger charge is 2.42. The second-order valence-electron chi connectivity index (χ2n) is 6.83. The molecule has 2 aromatic carbocycles. The summed E-state index contributed by atoms with van der Waals surface area (Å²) in [5.41, 5.74) is -0.654. The first kappa shape index (κ1) is 20.0. The smallest absolute Gasteiger partial charge is 0.226 e. The number of alkyl halides is 2. The van der Waals surface area contributed by atoms with Crippen LogP contribution < -0.4 is 15.9 Å². The Bertz CT molecular complexity index is 714. The highest BCUT2D eigenvalue weighted by atomic mass is 35.5. The molecular weight excluding hydrogens is 376 g/mol. The van der Waals surface area contributed by atoms with E-state index < -0.39 is 23.2 Å². The Kier molecular flexibility index (Phi) is 6.37. The number of rotatable bonds is 5. The number of halogens is 2. The first-order chi connectivity index (χ1) is 11.7. The molecule has 25 heavy (non-hydrogen) atoms. The Morgan fingerprint density at radius 2 is 1.32 bits per heavy atom.